The van der Waals surface area contributed by atoms with Crippen LogP contribution in [0.3, 0.4) is 0 Å². The summed E-state index contributed by atoms with van der Waals surface area (Å²) in [5.41, 5.74) is 1.36. The Labute approximate surface area is 104 Å². The maximum atomic E-state index is 9.03. The number of hydrogen-bond acceptors (Lipinski definition) is 2. The molecular formula is C15H20N2. The molecule has 1 aliphatic rings. The van der Waals surface area contributed by atoms with Crippen molar-refractivity contribution in [2.24, 2.45) is 5.92 Å². The van der Waals surface area contributed by atoms with Gasteiger partial charge in [0.1, 0.15) is 0 Å². The predicted molar refractivity (Wildman–Crippen MR) is 69.2 cm³/mol. The van der Waals surface area contributed by atoms with E-state index < -0.39 is 0 Å². The predicted octanol–water partition coefficient (Wildman–Crippen LogP) is 3.20. The highest BCUT2D eigenvalue weighted by atomic mass is 15.2. The van der Waals surface area contributed by atoms with Gasteiger partial charge in [0.2, 0.25) is 0 Å². The number of nitrogens with zero attached hydrogens (tertiary/aromatic N) is 2. The van der Waals surface area contributed by atoms with Crippen LogP contribution < -0.4 is 0 Å². The van der Waals surface area contributed by atoms with E-state index in [1.807, 2.05) is 0 Å². The molecule has 1 saturated heterocycles. The normalized spacial score (nSPS) is 29.8. The molecule has 1 aliphatic heterocycles. The summed E-state index contributed by atoms with van der Waals surface area (Å²) < 4.78 is 0. The van der Waals surface area contributed by atoms with Crippen molar-refractivity contribution in [2.45, 2.75) is 45.3 Å². The molecule has 1 fully saturated rings. The van der Waals surface area contributed by atoms with Gasteiger partial charge in [0, 0.05) is 24.5 Å². The Morgan fingerprint density at radius 1 is 1.18 bits per heavy atom. The van der Waals surface area contributed by atoms with Crippen molar-refractivity contribution in [2.75, 3.05) is 0 Å². The van der Waals surface area contributed by atoms with Crippen molar-refractivity contribution >= 4 is 0 Å². The first-order valence-corrected chi connectivity index (χ1v) is 6.40. The third-order valence-electron chi connectivity index (χ3n) is 3.77. The molecule has 2 unspecified atom stereocenters. The van der Waals surface area contributed by atoms with Crippen LogP contribution in [0.4, 0.5) is 0 Å². The lowest BCUT2D eigenvalue weighted by atomic mass is 9.88. The van der Waals surface area contributed by atoms with E-state index in [9.17, 15) is 0 Å². The quantitative estimate of drug-likeness (QED) is 0.777. The highest BCUT2D eigenvalue weighted by molar-refractivity contribution is 5.15. The first-order valence-electron chi connectivity index (χ1n) is 6.40. The van der Waals surface area contributed by atoms with E-state index in [0.717, 1.165) is 19.4 Å². The van der Waals surface area contributed by atoms with E-state index >= 15 is 0 Å². The van der Waals surface area contributed by atoms with Crippen molar-refractivity contribution < 1.29 is 0 Å². The minimum atomic E-state index is 0.243. The van der Waals surface area contributed by atoms with Crippen LogP contribution >= 0.6 is 0 Å². The number of hydrogen-bond donors (Lipinski definition) is 0. The molecule has 2 heteroatoms. The molecule has 2 nitrogen and oxygen atoms in total. The zero-order valence-electron chi connectivity index (χ0n) is 10.6. The fraction of sp³-hybridized carbons (Fsp3) is 0.533. The monoisotopic (exact) mass is 228 g/mol. The summed E-state index contributed by atoms with van der Waals surface area (Å²) in [7, 11) is 0. The van der Waals surface area contributed by atoms with E-state index in [0.29, 0.717) is 12.1 Å². The number of nitriles is 1. The molecule has 2 rings (SSSR count). The number of benzene rings is 1. The number of piperidine rings is 1. The smallest absolute Gasteiger partial charge is 0.0657 e. The summed E-state index contributed by atoms with van der Waals surface area (Å²) in [5, 5.41) is 9.03. The molecule has 2 atom stereocenters. The van der Waals surface area contributed by atoms with Crippen molar-refractivity contribution in [1.82, 2.24) is 4.90 Å². The van der Waals surface area contributed by atoms with Gasteiger partial charge in [-0.3, -0.25) is 4.90 Å². The number of likely N-dealkylation sites (tertiary alicyclic amines) is 1. The van der Waals surface area contributed by atoms with Gasteiger partial charge in [-0.1, -0.05) is 30.3 Å². The van der Waals surface area contributed by atoms with Crippen molar-refractivity contribution in [3.63, 3.8) is 0 Å². The third kappa shape index (κ3) is 2.87. The van der Waals surface area contributed by atoms with Crippen LogP contribution in [0, 0.1) is 17.2 Å². The first-order chi connectivity index (χ1) is 8.20. The zero-order valence-corrected chi connectivity index (χ0v) is 10.6. The molecule has 0 radical (unpaired) electrons. The van der Waals surface area contributed by atoms with E-state index in [2.05, 4.69) is 55.1 Å². The summed E-state index contributed by atoms with van der Waals surface area (Å²) in [6.45, 7) is 5.48. The van der Waals surface area contributed by atoms with Crippen LogP contribution in [0.5, 0.6) is 0 Å². The van der Waals surface area contributed by atoms with Crippen LogP contribution in [0.1, 0.15) is 32.3 Å². The maximum Gasteiger partial charge on any atom is 0.0657 e. The van der Waals surface area contributed by atoms with Gasteiger partial charge in [-0.25, -0.2) is 0 Å². The Balaban J connectivity index is 2.04. The van der Waals surface area contributed by atoms with Gasteiger partial charge < -0.3 is 0 Å². The lowest BCUT2D eigenvalue weighted by Gasteiger charge is -2.40. The van der Waals surface area contributed by atoms with Crippen molar-refractivity contribution in [3.8, 4) is 6.07 Å². The second-order valence-electron chi connectivity index (χ2n) is 5.15. The maximum absolute atomic E-state index is 9.03. The van der Waals surface area contributed by atoms with Gasteiger partial charge in [0.15, 0.2) is 0 Å². The summed E-state index contributed by atoms with van der Waals surface area (Å²) >= 11 is 0. The van der Waals surface area contributed by atoms with E-state index in [1.54, 1.807) is 0 Å². The van der Waals surface area contributed by atoms with Crippen molar-refractivity contribution in [3.05, 3.63) is 35.9 Å². The summed E-state index contributed by atoms with van der Waals surface area (Å²) in [5.74, 6) is 0.243. The first kappa shape index (κ1) is 12.1. The molecule has 0 N–H and O–H groups in total. The highest BCUT2D eigenvalue weighted by Gasteiger charge is 2.30. The molecule has 17 heavy (non-hydrogen) atoms. The molecule has 0 aliphatic carbocycles. The Morgan fingerprint density at radius 2 is 1.76 bits per heavy atom. The second-order valence-corrected chi connectivity index (χ2v) is 5.15. The zero-order chi connectivity index (χ0) is 12.3. The van der Waals surface area contributed by atoms with E-state index in [4.69, 9.17) is 5.26 Å². The van der Waals surface area contributed by atoms with Crippen LogP contribution in [-0.4, -0.2) is 17.0 Å². The molecule has 0 bridgehead atoms. The van der Waals surface area contributed by atoms with Crippen LogP contribution in [0.2, 0.25) is 0 Å². The molecule has 0 spiro atoms. The Hall–Kier alpha value is -1.33. The number of rotatable bonds is 2. The van der Waals surface area contributed by atoms with Crippen molar-refractivity contribution in [1.29, 1.82) is 5.26 Å². The van der Waals surface area contributed by atoms with Gasteiger partial charge >= 0.3 is 0 Å². The van der Waals surface area contributed by atoms with Gasteiger partial charge in [-0.05, 0) is 32.3 Å². The van der Waals surface area contributed by atoms with E-state index in [1.165, 1.54) is 5.56 Å². The van der Waals surface area contributed by atoms with Gasteiger partial charge in [-0.2, -0.15) is 5.26 Å². The summed E-state index contributed by atoms with van der Waals surface area (Å²) in [6, 6.07) is 14.0. The topological polar surface area (TPSA) is 27.0 Å². The lowest BCUT2D eigenvalue weighted by molar-refractivity contribution is 0.0774. The molecule has 0 amide bonds. The summed E-state index contributed by atoms with van der Waals surface area (Å²) in [6.07, 6.45) is 2.02. The van der Waals surface area contributed by atoms with Crippen LogP contribution in [-0.2, 0) is 6.54 Å². The standard InChI is InChI=1S/C15H20N2/c1-12-8-15(10-16)9-13(2)17(12)11-14-6-4-3-5-7-14/h3-7,12-13,15H,8-9,11H2,1-2H3. The Morgan fingerprint density at radius 3 is 2.29 bits per heavy atom. The molecular weight excluding hydrogens is 208 g/mol. The molecule has 1 aromatic carbocycles. The Bertz CT molecular complexity index is 381. The van der Waals surface area contributed by atoms with Gasteiger partial charge in [0.25, 0.3) is 0 Å². The average Bonchev–Trinajstić information content (AvgIpc) is 2.35. The minimum absolute atomic E-state index is 0.243. The lowest BCUT2D eigenvalue weighted by Crippen LogP contribution is -2.45. The van der Waals surface area contributed by atoms with Crippen LogP contribution in [0.15, 0.2) is 30.3 Å². The van der Waals surface area contributed by atoms with Gasteiger partial charge in [0.05, 0.1) is 6.07 Å². The largest absolute Gasteiger partial charge is 0.294 e. The second kappa shape index (κ2) is 5.33. The Kier molecular flexibility index (Phi) is 3.81. The minimum Gasteiger partial charge on any atom is -0.294 e. The van der Waals surface area contributed by atoms with Gasteiger partial charge in [-0.15, -0.1) is 0 Å². The molecule has 0 saturated carbocycles. The average molecular weight is 228 g/mol. The fourth-order valence-corrected chi connectivity index (χ4v) is 2.84. The fourth-order valence-electron chi connectivity index (χ4n) is 2.84. The highest BCUT2D eigenvalue weighted by Crippen LogP contribution is 2.28. The SMILES string of the molecule is CC1CC(C#N)CC(C)N1Cc1ccccc1. The summed E-state index contributed by atoms with van der Waals surface area (Å²) in [4.78, 5) is 2.52. The van der Waals surface area contributed by atoms with Crippen LogP contribution in [0.25, 0.3) is 0 Å². The third-order valence-corrected chi connectivity index (χ3v) is 3.77. The molecule has 1 heterocycles. The molecule has 90 valence electrons. The molecule has 0 aromatic heterocycles. The molecule has 1 aromatic rings. The van der Waals surface area contributed by atoms with E-state index in [-0.39, 0.29) is 5.92 Å².